The van der Waals surface area contributed by atoms with Crippen molar-refractivity contribution in [3.63, 3.8) is 0 Å². The largest absolute Gasteiger partial charge is 0.477 e. The zero-order valence-corrected chi connectivity index (χ0v) is 12.6. The number of carboxylic acid groups (broad SMARTS) is 1. The van der Waals surface area contributed by atoms with Gasteiger partial charge in [0.05, 0.1) is 10.6 Å². The van der Waals surface area contributed by atoms with Crippen molar-refractivity contribution in [3.8, 4) is 0 Å². The molecule has 20 heavy (non-hydrogen) atoms. The normalized spacial score (nSPS) is 11.3. The molecule has 0 unspecified atom stereocenters. The lowest BCUT2D eigenvalue weighted by Crippen LogP contribution is -2.15. The number of carboxylic acids is 1. The van der Waals surface area contributed by atoms with Crippen molar-refractivity contribution in [3.05, 3.63) is 45.1 Å². The van der Waals surface area contributed by atoms with Crippen LogP contribution in [0.3, 0.4) is 0 Å². The summed E-state index contributed by atoms with van der Waals surface area (Å²) in [6, 6.07) is 5.61. The number of benzene rings is 1. The minimum Gasteiger partial charge on any atom is -0.477 e. The number of nitrogens with one attached hydrogen (secondary N) is 1. The second-order valence-electron chi connectivity index (χ2n) is 3.99. The first-order chi connectivity index (χ1) is 9.31. The van der Waals surface area contributed by atoms with Crippen LogP contribution in [0.5, 0.6) is 0 Å². The number of anilines is 1. The predicted molar refractivity (Wildman–Crippen MR) is 78.3 cm³/mol. The summed E-state index contributed by atoms with van der Waals surface area (Å²) in [7, 11) is -3.84. The summed E-state index contributed by atoms with van der Waals surface area (Å²) in [5, 5.41) is 11.0. The number of sulfonamides is 1. The smallest absolute Gasteiger partial charge is 0.348 e. The lowest BCUT2D eigenvalue weighted by molar-refractivity contribution is 0.0703. The highest BCUT2D eigenvalue weighted by Gasteiger charge is 2.21. The number of hydrogen-bond acceptors (Lipinski definition) is 4. The Morgan fingerprint density at radius 2 is 1.90 bits per heavy atom. The molecule has 0 aliphatic rings. The predicted octanol–water partition coefficient (Wildman–Crippen LogP) is 3.21. The van der Waals surface area contributed by atoms with E-state index in [1.165, 1.54) is 24.3 Å². The van der Waals surface area contributed by atoms with Crippen LogP contribution in [0, 0.1) is 6.92 Å². The summed E-state index contributed by atoms with van der Waals surface area (Å²) < 4.78 is 26.7. The van der Waals surface area contributed by atoms with E-state index in [4.69, 9.17) is 16.7 Å². The van der Waals surface area contributed by atoms with Crippen molar-refractivity contribution >= 4 is 44.6 Å². The molecule has 0 saturated carbocycles. The van der Waals surface area contributed by atoms with Gasteiger partial charge in [-0.3, -0.25) is 4.72 Å². The Morgan fingerprint density at radius 1 is 1.30 bits per heavy atom. The van der Waals surface area contributed by atoms with Gasteiger partial charge in [-0.1, -0.05) is 11.6 Å². The zero-order valence-electron chi connectivity index (χ0n) is 10.3. The maximum atomic E-state index is 12.2. The van der Waals surface area contributed by atoms with Gasteiger partial charge >= 0.3 is 5.97 Å². The summed E-state index contributed by atoms with van der Waals surface area (Å²) in [5.74, 6) is -1.17. The first kappa shape index (κ1) is 14.8. The number of hydrogen-bond donors (Lipinski definition) is 2. The number of aromatic carboxylic acids is 1. The van der Waals surface area contributed by atoms with Crippen molar-refractivity contribution in [1.82, 2.24) is 0 Å². The van der Waals surface area contributed by atoms with Crippen molar-refractivity contribution in [2.75, 3.05) is 4.72 Å². The van der Waals surface area contributed by atoms with Crippen LogP contribution in [0.4, 0.5) is 5.69 Å². The lowest BCUT2D eigenvalue weighted by Gasteiger charge is -2.09. The highest BCUT2D eigenvalue weighted by molar-refractivity contribution is 7.92. The molecule has 2 aromatic rings. The second kappa shape index (κ2) is 5.43. The molecule has 106 valence electrons. The zero-order chi connectivity index (χ0) is 14.9. The molecule has 8 heteroatoms. The molecule has 0 aliphatic heterocycles. The Kier molecular flexibility index (Phi) is 4.03. The standard InChI is InChI=1S/C12H10ClNO4S2/c1-7-6-19-11(12(15)16)10(7)14-20(17,18)9-4-2-8(13)3-5-9/h2-6,14H,1H3,(H,15,16). The fraction of sp³-hybridized carbons (Fsp3) is 0.0833. The van der Waals surface area contributed by atoms with Gasteiger partial charge in [0, 0.05) is 5.02 Å². The van der Waals surface area contributed by atoms with Gasteiger partial charge in [-0.15, -0.1) is 11.3 Å². The molecule has 1 heterocycles. The molecule has 2 N–H and O–H groups in total. The summed E-state index contributed by atoms with van der Waals surface area (Å²) in [6.45, 7) is 1.64. The number of carbonyl (C=O) groups is 1. The molecule has 0 atom stereocenters. The van der Waals surface area contributed by atoms with Crippen LogP contribution in [0.25, 0.3) is 0 Å². The molecule has 0 aliphatic carbocycles. The van der Waals surface area contributed by atoms with E-state index in [0.717, 1.165) is 11.3 Å². The first-order valence-electron chi connectivity index (χ1n) is 5.41. The minimum atomic E-state index is -3.84. The average Bonchev–Trinajstić information content (AvgIpc) is 2.71. The van der Waals surface area contributed by atoms with E-state index >= 15 is 0 Å². The topological polar surface area (TPSA) is 83.5 Å². The maximum Gasteiger partial charge on any atom is 0.348 e. The van der Waals surface area contributed by atoms with Crippen molar-refractivity contribution in [2.24, 2.45) is 0 Å². The SMILES string of the molecule is Cc1csc(C(=O)O)c1NS(=O)(=O)c1ccc(Cl)cc1. The van der Waals surface area contributed by atoms with Crippen molar-refractivity contribution in [1.29, 1.82) is 0 Å². The minimum absolute atomic E-state index is 0.0174. The number of thiophene rings is 1. The summed E-state index contributed by atoms with van der Waals surface area (Å²) in [6.07, 6.45) is 0. The van der Waals surface area contributed by atoms with Crippen LogP contribution in [-0.4, -0.2) is 19.5 Å². The number of aryl methyl sites for hydroxylation is 1. The van der Waals surface area contributed by atoms with Gasteiger partial charge in [0.15, 0.2) is 0 Å². The van der Waals surface area contributed by atoms with Gasteiger partial charge in [0.2, 0.25) is 0 Å². The molecule has 1 aromatic heterocycles. The molecule has 0 saturated heterocycles. The summed E-state index contributed by atoms with van der Waals surface area (Å²) in [5.41, 5.74) is 0.655. The summed E-state index contributed by atoms with van der Waals surface area (Å²) >= 11 is 6.68. The number of halogens is 1. The lowest BCUT2D eigenvalue weighted by atomic mass is 10.3. The fourth-order valence-electron chi connectivity index (χ4n) is 1.54. The molecule has 0 spiro atoms. The third-order valence-electron chi connectivity index (χ3n) is 2.53. The highest BCUT2D eigenvalue weighted by Crippen LogP contribution is 2.30. The van der Waals surface area contributed by atoms with Crippen molar-refractivity contribution in [2.45, 2.75) is 11.8 Å². The van der Waals surface area contributed by atoms with Gasteiger partial charge in [-0.2, -0.15) is 0 Å². The van der Waals surface area contributed by atoms with Crippen molar-refractivity contribution < 1.29 is 18.3 Å². The van der Waals surface area contributed by atoms with E-state index in [2.05, 4.69) is 4.72 Å². The monoisotopic (exact) mass is 331 g/mol. The Bertz CT molecular complexity index is 750. The third-order valence-corrected chi connectivity index (χ3v) is 5.23. The maximum absolute atomic E-state index is 12.2. The van der Waals surface area contributed by atoms with E-state index in [1.54, 1.807) is 12.3 Å². The van der Waals surface area contributed by atoms with Gasteiger partial charge < -0.3 is 5.11 Å². The molecular weight excluding hydrogens is 322 g/mol. The molecule has 0 bridgehead atoms. The van der Waals surface area contributed by atoms with Crippen LogP contribution in [0.2, 0.25) is 5.02 Å². The second-order valence-corrected chi connectivity index (χ2v) is 6.99. The molecule has 0 fully saturated rings. The first-order valence-corrected chi connectivity index (χ1v) is 8.15. The molecule has 5 nitrogen and oxygen atoms in total. The van der Waals surface area contributed by atoms with Crippen LogP contribution >= 0.6 is 22.9 Å². The molecule has 0 amide bonds. The van der Waals surface area contributed by atoms with E-state index < -0.39 is 16.0 Å². The van der Waals surface area contributed by atoms with Crippen LogP contribution < -0.4 is 4.72 Å². The van der Waals surface area contributed by atoms with Crippen LogP contribution in [0.15, 0.2) is 34.5 Å². The average molecular weight is 332 g/mol. The Hall–Kier alpha value is -1.57. The van der Waals surface area contributed by atoms with Gasteiger partial charge in [0.1, 0.15) is 4.88 Å². The number of rotatable bonds is 4. The Labute approximate surface area is 124 Å². The van der Waals surface area contributed by atoms with Gasteiger partial charge in [-0.05, 0) is 42.1 Å². The van der Waals surface area contributed by atoms with Gasteiger partial charge in [-0.25, -0.2) is 13.2 Å². The third kappa shape index (κ3) is 2.95. The Balaban J connectivity index is 2.41. The van der Waals surface area contributed by atoms with Crippen LogP contribution in [-0.2, 0) is 10.0 Å². The molecular formula is C12H10ClNO4S2. The van der Waals surface area contributed by atoms with Crippen LogP contribution in [0.1, 0.15) is 15.2 Å². The van der Waals surface area contributed by atoms with E-state index in [0.29, 0.717) is 10.6 Å². The van der Waals surface area contributed by atoms with E-state index in [1.807, 2.05) is 0 Å². The molecule has 2 rings (SSSR count). The summed E-state index contributed by atoms with van der Waals surface area (Å²) in [4.78, 5) is 11.0. The Morgan fingerprint density at radius 3 is 2.45 bits per heavy atom. The fourth-order valence-corrected chi connectivity index (χ4v) is 3.71. The highest BCUT2D eigenvalue weighted by atomic mass is 35.5. The molecule has 1 aromatic carbocycles. The van der Waals surface area contributed by atoms with E-state index in [9.17, 15) is 13.2 Å². The van der Waals surface area contributed by atoms with E-state index in [-0.39, 0.29) is 15.5 Å². The quantitative estimate of drug-likeness (QED) is 0.901. The molecule has 0 radical (unpaired) electrons. The van der Waals surface area contributed by atoms with Gasteiger partial charge in [0.25, 0.3) is 10.0 Å².